The lowest BCUT2D eigenvalue weighted by molar-refractivity contribution is -0.138. The van der Waals surface area contributed by atoms with Crippen LogP contribution in [-0.2, 0) is 14.3 Å². The Morgan fingerprint density at radius 3 is 2.69 bits per heavy atom. The van der Waals surface area contributed by atoms with Gasteiger partial charge < -0.3 is 15.0 Å². The van der Waals surface area contributed by atoms with Crippen molar-refractivity contribution in [2.24, 2.45) is 0 Å². The molecule has 1 N–H and O–H groups in total. The van der Waals surface area contributed by atoms with Crippen LogP contribution in [0.1, 0.15) is 20.8 Å². The van der Waals surface area contributed by atoms with E-state index in [-0.39, 0.29) is 11.9 Å². The van der Waals surface area contributed by atoms with E-state index in [2.05, 4.69) is 5.32 Å². The Hall–Kier alpha value is -1.52. The Kier molecular flexibility index (Phi) is 3.93. The van der Waals surface area contributed by atoms with Gasteiger partial charge in [0.05, 0.1) is 18.7 Å². The molecule has 0 atom stereocenters. The molecule has 0 aromatic carbocycles. The highest BCUT2D eigenvalue weighted by atomic mass is 16.5. The zero-order chi connectivity index (χ0) is 12.3. The fraction of sp³-hybridized carbons (Fsp3) is 0.636. The Morgan fingerprint density at radius 1 is 1.56 bits per heavy atom. The highest BCUT2D eigenvalue weighted by Gasteiger charge is 2.32. The third-order valence-corrected chi connectivity index (χ3v) is 2.21. The van der Waals surface area contributed by atoms with Gasteiger partial charge in [-0.25, -0.2) is 4.79 Å². The smallest absolute Gasteiger partial charge is 0.338 e. The van der Waals surface area contributed by atoms with Crippen molar-refractivity contribution < 1.29 is 14.3 Å². The van der Waals surface area contributed by atoms with Crippen molar-refractivity contribution in [3.63, 3.8) is 0 Å². The van der Waals surface area contributed by atoms with Gasteiger partial charge in [-0.2, -0.15) is 0 Å². The standard InChI is InChI=1S/C11H18N2O3/c1-5-16-11(15)8-6-13(4)10(14)9(8)12-7(2)3/h7,12H,5-6H2,1-4H3. The molecule has 1 rings (SSSR count). The van der Waals surface area contributed by atoms with E-state index in [1.54, 1.807) is 14.0 Å². The van der Waals surface area contributed by atoms with Crippen molar-refractivity contribution in [2.45, 2.75) is 26.8 Å². The molecule has 90 valence electrons. The molecule has 1 aliphatic rings. The molecule has 0 aromatic rings. The number of likely N-dealkylation sites (N-methyl/N-ethyl adjacent to an activating group) is 1. The van der Waals surface area contributed by atoms with Crippen molar-refractivity contribution in [1.82, 2.24) is 10.2 Å². The molecule has 0 radical (unpaired) electrons. The predicted octanol–water partition coefficient (Wildman–Crippen LogP) is 0.274. The summed E-state index contributed by atoms with van der Waals surface area (Å²) in [6.45, 7) is 6.21. The van der Waals surface area contributed by atoms with Gasteiger partial charge in [-0.15, -0.1) is 0 Å². The summed E-state index contributed by atoms with van der Waals surface area (Å²) in [5.41, 5.74) is 0.791. The van der Waals surface area contributed by atoms with Crippen molar-refractivity contribution in [3.05, 3.63) is 11.3 Å². The van der Waals surface area contributed by atoms with Crippen LogP contribution >= 0.6 is 0 Å². The quantitative estimate of drug-likeness (QED) is 0.699. The molecule has 1 aliphatic heterocycles. The number of nitrogens with zero attached hydrogens (tertiary/aromatic N) is 1. The first kappa shape index (κ1) is 12.5. The van der Waals surface area contributed by atoms with E-state index in [9.17, 15) is 9.59 Å². The van der Waals surface area contributed by atoms with Crippen molar-refractivity contribution in [2.75, 3.05) is 20.2 Å². The number of nitrogens with one attached hydrogen (secondary N) is 1. The van der Waals surface area contributed by atoms with Crippen LogP contribution in [0, 0.1) is 0 Å². The van der Waals surface area contributed by atoms with E-state index < -0.39 is 5.97 Å². The topological polar surface area (TPSA) is 58.6 Å². The van der Waals surface area contributed by atoms with Gasteiger partial charge in [0.1, 0.15) is 5.70 Å². The maximum Gasteiger partial charge on any atom is 0.338 e. The van der Waals surface area contributed by atoms with Gasteiger partial charge in [0.2, 0.25) is 0 Å². The highest BCUT2D eigenvalue weighted by molar-refractivity contribution is 6.06. The van der Waals surface area contributed by atoms with Crippen LogP contribution < -0.4 is 5.32 Å². The van der Waals surface area contributed by atoms with Crippen molar-refractivity contribution in [1.29, 1.82) is 0 Å². The summed E-state index contributed by atoms with van der Waals surface area (Å²) < 4.78 is 4.92. The second-order valence-electron chi connectivity index (χ2n) is 4.03. The second-order valence-corrected chi connectivity index (χ2v) is 4.03. The van der Waals surface area contributed by atoms with E-state index in [4.69, 9.17) is 4.74 Å². The van der Waals surface area contributed by atoms with E-state index >= 15 is 0 Å². The van der Waals surface area contributed by atoms with Gasteiger partial charge in [-0.05, 0) is 20.8 Å². The summed E-state index contributed by atoms with van der Waals surface area (Å²) in [5, 5.41) is 3.00. The van der Waals surface area contributed by atoms with Crippen LogP contribution in [0.5, 0.6) is 0 Å². The summed E-state index contributed by atoms with van der Waals surface area (Å²) in [7, 11) is 1.66. The number of ether oxygens (including phenoxy) is 1. The largest absolute Gasteiger partial charge is 0.463 e. The number of carbonyl (C=O) groups excluding carboxylic acids is 2. The molecule has 0 spiro atoms. The maximum atomic E-state index is 11.8. The molecule has 0 aromatic heterocycles. The molecule has 1 amide bonds. The first-order valence-corrected chi connectivity index (χ1v) is 5.39. The zero-order valence-corrected chi connectivity index (χ0v) is 10.2. The lowest BCUT2D eigenvalue weighted by Gasteiger charge is -2.12. The molecule has 5 heteroatoms. The first-order chi connectivity index (χ1) is 7.47. The van der Waals surface area contributed by atoms with E-state index in [0.29, 0.717) is 24.4 Å². The van der Waals surface area contributed by atoms with Crippen LogP contribution in [0.4, 0.5) is 0 Å². The lowest BCUT2D eigenvalue weighted by atomic mass is 10.2. The SMILES string of the molecule is CCOC(=O)C1=C(NC(C)C)C(=O)N(C)C1. The summed E-state index contributed by atoms with van der Waals surface area (Å²) in [6, 6.07) is 0.106. The van der Waals surface area contributed by atoms with Gasteiger partial charge in [0.25, 0.3) is 5.91 Å². The van der Waals surface area contributed by atoms with Gasteiger partial charge >= 0.3 is 5.97 Å². The minimum absolute atomic E-state index is 0.106. The predicted molar refractivity (Wildman–Crippen MR) is 59.6 cm³/mol. The Labute approximate surface area is 95.4 Å². The molecule has 5 nitrogen and oxygen atoms in total. The number of esters is 1. The second kappa shape index (κ2) is 5.01. The van der Waals surface area contributed by atoms with Crippen LogP contribution in [-0.4, -0.2) is 43.0 Å². The lowest BCUT2D eigenvalue weighted by Crippen LogP contribution is -2.31. The van der Waals surface area contributed by atoms with E-state index in [1.807, 2.05) is 13.8 Å². The third-order valence-electron chi connectivity index (χ3n) is 2.21. The fourth-order valence-corrected chi connectivity index (χ4v) is 1.53. The van der Waals surface area contributed by atoms with Gasteiger partial charge in [-0.1, -0.05) is 0 Å². The fourth-order valence-electron chi connectivity index (χ4n) is 1.53. The summed E-state index contributed by atoms with van der Waals surface area (Å²) in [5.74, 6) is -0.569. The number of hydrogen-bond donors (Lipinski definition) is 1. The summed E-state index contributed by atoms with van der Waals surface area (Å²) in [4.78, 5) is 24.9. The minimum Gasteiger partial charge on any atom is -0.463 e. The number of carbonyl (C=O) groups is 2. The van der Waals surface area contributed by atoms with Crippen molar-refractivity contribution >= 4 is 11.9 Å². The maximum absolute atomic E-state index is 11.8. The zero-order valence-electron chi connectivity index (χ0n) is 10.2. The van der Waals surface area contributed by atoms with Crippen LogP contribution in [0.15, 0.2) is 11.3 Å². The van der Waals surface area contributed by atoms with Crippen LogP contribution in [0.2, 0.25) is 0 Å². The van der Waals surface area contributed by atoms with Gasteiger partial charge in [-0.3, -0.25) is 4.79 Å². The van der Waals surface area contributed by atoms with Gasteiger partial charge in [0, 0.05) is 13.1 Å². The van der Waals surface area contributed by atoms with E-state index in [1.165, 1.54) is 4.90 Å². The molecule has 0 aliphatic carbocycles. The van der Waals surface area contributed by atoms with Crippen LogP contribution in [0.25, 0.3) is 0 Å². The Morgan fingerprint density at radius 2 is 2.19 bits per heavy atom. The molecule has 0 bridgehead atoms. The number of amides is 1. The average Bonchev–Trinajstić information content (AvgIpc) is 2.46. The molecule has 0 unspecified atom stereocenters. The highest BCUT2D eigenvalue weighted by Crippen LogP contribution is 2.17. The Balaban J connectivity index is 2.93. The average molecular weight is 226 g/mol. The summed E-state index contributed by atoms with van der Waals surface area (Å²) in [6.07, 6.45) is 0. The van der Waals surface area contributed by atoms with Crippen molar-refractivity contribution in [3.8, 4) is 0 Å². The molecular weight excluding hydrogens is 208 g/mol. The summed E-state index contributed by atoms with van der Waals surface area (Å²) >= 11 is 0. The minimum atomic E-state index is -0.414. The molecule has 16 heavy (non-hydrogen) atoms. The van der Waals surface area contributed by atoms with Gasteiger partial charge in [0.15, 0.2) is 0 Å². The molecule has 0 saturated carbocycles. The molecule has 1 heterocycles. The van der Waals surface area contributed by atoms with E-state index in [0.717, 1.165) is 0 Å². The molecule has 0 saturated heterocycles. The Bertz CT molecular complexity index is 334. The normalized spacial score (nSPS) is 16.1. The third kappa shape index (κ3) is 2.53. The number of hydrogen-bond acceptors (Lipinski definition) is 4. The monoisotopic (exact) mass is 226 g/mol. The molecular formula is C11H18N2O3. The molecule has 0 fully saturated rings. The van der Waals surface area contributed by atoms with Crippen LogP contribution in [0.3, 0.4) is 0 Å². The first-order valence-electron chi connectivity index (χ1n) is 5.39. The number of rotatable bonds is 4.